The molecule has 2 aromatic heterocycles. The molecule has 0 amide bonds. The van der Waals surface area contributed by atoms with Crippen molar-refractivity contribution in [1.29, 1.82) is 0 Å². The lowest BCUT2D eigenvalue weighted by Gasteiger charge is -2.14. The summed E-state index contributed by atoms with van der Waals surface area (Å²) < 4.78 is 3.02. The number of halogens is 1. The number of rotatable bonds is 5. The number of hydrogen-bond donors (Lipinski definition) is 3. The number of nitrogens with zero attached hydrogens (tertiary/aromatic N) is 4. The van der Waals surface area contributed by atoms with E-state index in [9.17, 15) is 5.11 Å². The summed E-state index contributed by atoms with van der Waals surface area (Å²) in [6.07, 6.45) is 1.06. The van der Waals surface area contributed by atoms with Gasteiger partial charge < -0.3 is 20.3 Å². The standard InChI is InChI=1S/C16H20N6OS.HI/c1-17-16(19-9-15-21-20-10-22(15)2)18-8-12(23)14-7-11-5-3-4-6-13(11)24-14;/h3-7,10,12,23H,8-9H2,1-2H3,(H2,17,18,19);1H. The van der Waals surface area contributed by atoms with Crippen molar-refractivity contribution in [2.75, 3.05) is 13.6 Å². The Morgan fingerprint density at radius 3 is 2.84 bits per heavy atom. The van der Waals surface area contributed by atoms with Crippen LogP contribution in [0.1, 0.15) is 16.8 Å². The van der Waals surface area contributed by atoms with Crippen LogP contribution in [0, 0.1) is 0 Å². The molecule has 3 N–H and O–H groups in total. The summed E-state index contributed by atoms with van der Waals surface area (Å²) in [5.41, 5.74) is 0. The van der Waals surface area contributed by atoms with Gasteiger partial charge in [-0.1, -0.05) is 18.2 Å². The summed E-state index contributed by atoms with van der Waals surface area (Å²) in [6, 6.07) is 10.1. The van der Waals surface area contributed by atoms with Gasteiger partial charge in [-0.25, -0.2) is 0 Å². The summed E-state index contributed by atoms with van der Waals surface area (Å²) in [7, 11) is 3.58. The van der Waals surface area contributed by atoms with Crippen LogP contribution in [-0.2, 0) is 13.6 Å². The minimum absolute atomic E-state index is 0. The second-order valence-corrected chi connectivity index (χ2v) is 6.48. The summed E-state index contributed by atoms with van der Waals surface area (Å²) in [5, 5.41) is 25.7. The van der Waals surface area contributed by atoms with Gasteiger partial charge in [0.1, 0.15) is 12.4 Å². The van der Waals surface area contributed by atoms with Crippen LogP contribution in [0.4, 0.5) is 0 Å². The summed E-state index contributed by atoms with van der Waals surface area (Å²) in [4.78, 5) is 5.09. The lowest BCUT2D eigenvalue weighted by molar-refractivity contribution is 0.184. The molecule has 0 radical (unpaired) electrons. The molecule has 3 rings (SSSR count). The number of fused-ring (bicyclic) bond motifs is 1. The van der Waals surface area contributed by atoms with Crippen molar-refractivity contribution in [3.63, 3.8) is 0 Å². The van der Waals surface area contributed by atoms with E-state index >= 15 is 0 Å². The number of benzene rings is 1. The topological polar surface area (TPSA) is 87.4 Å². The number of aliphatic hydroxyl groups excluding tert-OH is 1. The highest BCUT2D eigenvalue weighted by Gasteiger charge is 2.12. The van der Waals surface area contributed by atoms with Crippen molar-refractivity contribution in [3.8, 4) is 0 Å². The zero-order valence-corrected chi connectivity index (χ0v) is 17.2. The first-order valence-electron chi connectivity index (χ1n) is 7.61. The Bertz CT molecular complexity index is 813. The van der Waals surface area contributed by atoms with E-state index in [0.717, 1.165) is 16.1 Å². The van der Waals surface area contributed by atoms with Crippen molar-refractivity contribution in [2.24, 2.45) is 12.0 Å². The molecule has 0 spiro atoms. The Kier molecular flexibility index (Phi) is 7.14. The number of aryl methyl sites for hydroxylation is 1. The molecular weight excluding hydrogens is 451 g/mol. The number of guanidine groups is 1. The number of aliphatic imine (C=N–C) groups is 1. The molecular formula is C16H21IN6OS. The third-order valence-electron chi connectivity index (χ3n) is 3.68. The maximum atomic E-state index is 10.4. The van der Waals surface area contributed by atoms with E-state index in [4.69, 9.17) is 0 Å². The van der Waals surface area contributed by atoms with E-state index in [1.54, 1.807) is 24.7 Å². The predicted molar refractivity (Wildman–Crippen MR) is 111 cm³/mol. The molecule has 1 atom stereocenters. The van der Waals surface area contributed by atoms with Crippen LogP contribution < -0.4 is 10.6 Å². The van der Waals surface area contributed by atoms with Gasteiger partial charge in [0, 0.05) is 30.2 Å². The molecule has 0 aliphatic heterocycles. The summed E-state index contributed by atoms with van der Waals surface area (Å²) >= 11 is 1.61. The highest BCUT2D eigenvalue weighted by atomic mass is 127. The fraction of sp³-hybridized carbons (Fsp3) is 0.312. The van der Waals surface area contributed by atoms with Gasteiger partial charge in [-0.2, -0.15) is 0 Å². The van der Waals surface area contributed by atoms with Crippen LogP contribution in [0.25, 0.3) is 10.1 Å². The molecule has 3 aromatic rings. The van der Waals surface area contributed by atoms with Crippen molar-refractivity contribution >= 4 is 51.4 Å². The molecule has 0 saturated heterocycles. The molecule has 0 fully saturated rings. The van der Waals surface area contributed by atoms with Crippen molar-refractivity contribution in [3.05, 3.63) is 47.4 Å². The molecule has 7 nitrogen and oxygen atoms in total. The maximum absolute atomic E-state index is 10.4. The van der Waals surface area contributed by atoms with E-state index in [0.29, 0.717) is 19.0 Å². The molecule has 0 bridgehead atoms. The summed E-state index contributed by atoms with van der Waals surface area (Å²) in [6.45, 7) is 0.889. The predicted octanol–water partition coefficient (Wildman–Crippen LogP) is 2.05. The second kappa shape index (κ2) is 9.11. The molecule has 2 heterocycles. The molecule has 134 valence electrons. The molecule has 0 saturated carbocycles. The van der Waals surface area contributed by atoms with Gasteiger partial charge in [0.25, 0.3) is 0 Å². The fourth-order valence-corrected chi connectivity index (χ4v) is 3.36. The smallest absolute Gasteiger partial charge is 0.191 e. The Morgan fingerprint density at radius 1 is 1.36 bits per heavy atom. The monoisotopic (exact) mass is 472 g/mol. The third kappa shape index (κ3) is 4.89. The summed E-state index contributed by atoms with van der Waals surface area (Å²) in [5.74, 6) is 1.42. The Balaban J connectivity index is 0.00000225. The zero-order valence-electron chi connectivity index (χ0n) is 14.0. The number of aliphatic hydroxyl groups is 1. The largest absolute Gasteiger partial charge is 0.386 e. The van der Waals surface area contributed by atoms with Crippen LogP contribution in [-0.4, -0.2) is 39.4 Å². The second-order valence-electron chi connectivity index (χ2n) is 5.37. The SMILES string of the molecule is CN=C(NCc1nncn1C)NCC(O)c1cc2ccccc2s1.I. The fourth-order valence-electron chi connectivity index (χ4n) is 2.31. The van der Waals surface area contributed by atoms with E-state index in [-0.39, 0.29) is 24.0 Å². The molecule has 0 aliphatic rings. The van der Waals surface area contributed by atoms with Crippen molar-refractivity contribution in [1.82, 2.24) is 25.4 Å². The van der Waals surface area contributed by atoms with Crippen LogP contribution in [0.15, 0.2) is 41.7 Å². The van der Waals surface area contributed by atoms with E-state index in [1.165, 1.54) is 4.70 Å². The van der Waals surface area contributed by atoms with Crippen LogP contribution in [0.2, 0.25) is 0 Å². The average molecular weight is 472 g/mol. The molecule has 1 unspecified atom stereocenters. The first kappa shape index (κ1) is 19.6. The minimum Gasteiger partial charge on any atom is -0.386 e. The van der Waals surface area contributed by atoms with Crippen LogP contribution in [0.5, 0.6) is 0 Å². The van der Waals surface area contributed by atoms with Gasteiger partial charge >= 0.3 is 0 Å². The van der Waals surface area contributed by atoms with Gasteiger partial charge in [0.05, 0.1) is 6.54 Å². The van der Waals surface area contributed by atoms with Gasteiger partial charge in [-0.15, -0.1) is 45.5 Å². The lowest BCUT2D eigenvalue weighted by atomic mass is 10.2. The van der Waals surface area contributed by atoms with Crippen LogP contribution >= 0.6 is 35.3 Å². The van der Waals surface area contributed by atoms with E-state index < -0.39 is 6.10 Å². The normalized spacial score (nSPS) is 12.7. The minimum atomic E-state index is -0.587. The number of thiophene rings is 1. The number of nitrogens with one attached hydrogen (secondary N) is 2. The molecule has 25 heavy (non-hydrogen) atoms. The van der Waals surface area contributed by atoms with Gasteiger partial charge in [0.15, 0.2) is 11.8 Å². The Hall–Kier alpha value is -1.72. The van der Waals surface area contributed by atoms with Crippen molar-refractivity contribution < 1.29 is 5.11 Å². The molecule has 9 heteroatoms. The van der Waals surface area contributed by atoms with E-state index in [1.807, 2.05) is 29.8 Å². The Morgan fingerprint density at radius 2 is 2.16 bits per heavy atom. The van der Waals surface area contributed by atoms with Gasteiger partial charge in [-0.05, 0) is 17.5 Å². The quantitative estimate of drug-likeness (QED) is 0.301. The average Bonchev–Trinajstić information content (AvgIpc) is 3.20. The third-order valence-corrected chi connectivity index (χ3v) is 4.90. The van der Waals surface area contributed by atoms with Gasteiger partial charge in [0.2, 0.25) is 0 Å². The first-order valence-corrected chi connectivity index (χ1v) is 8.43. The van der Waals surface area contributed by atoms with Crippen LogP contribution in [0.3, 0.4) is 0 Å². The maximum Gasteiger partial charge on any atom is 0.191 e. The first-order chi connectivity index (χ1) is 11.7. The Labute approximate surface area is 167 Å². The molecule has 1 aromatic carbocycles. The van der Waals surface area contributed by atoms with E-state index in [2.05, 4.69) is 38.0 Å². The zero-order chi connectivity index (χ0) is 16.9. The highest BCUT2D eigenvalue weighted by molar-refractivity contribution is 14.0. The highest BCUT2D eigenvalue weighted by Crippen LogP contribution is 2.29. The van der Waals surface area contributed by atoms with Crippen molar-refractivity contribution in [2.45, 2.75) is 12.6 Å². The number of hydrogen-bond acceptors (Lipinski definition) is 5. The van der Waals surface area contributed by atoms with Gasteiger partial charge in [-0.3, -0.25) is 4.99 Å². The molecule has 0 aliphatic carbocycles. The lowest BCUT2D eigenvalue weighted by Crippen LogP contribution is -2.39. The number of aromatic nitrogens is 3.